The topological polar surface area (TPSA) is 44.8 Å². The van der Waals surface area contributed by atoms with Crippen molar-refractivity contribution in [1.29, 1.82) is 0 Å². The summed E-state index contributed by atoms with van der Waals surface area (Å²) in [6.07, 6.45) is 8.15. The van der Waals surface area contributed by atoms with Crippen LogP contribution in [0.1, 0.15) is 52.4 Å². The van der Waals surface area contributed by atoms with Crippen LogP contribution in [-0.2, 0) is 19.0 Å². The van der Waals surface area contributed by atoms with E-state index in [9.17, 15) is 4.79 Å². The molecule has 0 aliphatic carbocycles. The molecule has 0 rings (SSSR count). The molecule has 0 saturated carbocycles. The molecule has 0 spiro atoms. The normalized spacial score (nSPS) is 11.4. The first kappa shape index (κ1) is 20.3. The SMILES string of the molecule is C=CC(=O)OCC[SiH2]C(OCCCCC)OCCCCC. The molecule has 0 aromatic rings. The highest BCUT2D eigenvalue weighted by atomic mass is 28.2. The lowest BCUT2D eigenvalue weighted by molar-refractivity contribution is -0.137. The van der Waals surface area contributed by atoms with Crippen molar-refractivity contribution in [2.24, 2.45) is 0 Å². The number of carbonyl (C=O) groups excluding carboxylic acids is 1. The van der Waals surface area contributed by atoms with E-state index in [0.717, 1.165) is 32.1 Å². The largest absolute Gasteiger partial charge is 0.463 e. The summed E-state index contributed by atoms with van der Waals surface area (Å²) in [6.45, 7) is 9.73. The molecule has 0 N–H and O–H groups in total. The molecule has 0 aromatic carbocycles. The number of esters is 1. The molecule has 0 atom stereocenters. The average Bonchev–Trinajstić information content (AvgIpc) is 2.50. The van der Waals surface area contributed by atoms with E-state index in [-0.39, 0.29) is 11.9 Å². The molecule has 0 radical (unpaired) electrons. The van der Waals surface area contributed by atoms with Gasteiger partial charge in [0.1, 0.15) is 5.91 Å². The van der Waals surface area contributed by atoms with Gasteiger partial charge in [-0.25, -0.2) is 4.79 Å². The molecule has 124 valence electrons. The highest BCUT2D eigenvalue weighted by Crippen LogP contribution is 2.04. The van der Waals surface area contributed by atoms with Crippen LogP contribution in [0.15, 0.2) is 12.7 Å². The van der Waals surface area contributed by atoms with Crippen molar-refractivity contribution in [3.05, 3.63) is 12.7 Å². The van der Waals surface area contributed by atoms with Gasteiger partial charge in [-0.3, -0.25) is 0 Å². The van der Waals surface area contributed by atoms with Gasteiger partial charge in [-0.2, -0.15) is 0 Å². The molecular formula is C16H32O4Si. The van der Waals surface area contributed by atoms with Crippen LogP contribution in [-0.4, -0.2) is 41.2 Å². The third-order valence-corrected chi connectivity index (χ3v) is 4.74. The Morgan fingerprint density at radius 2 is 1.62 bits per heavy atom. The third-order valence-electron chi connectivity index (χ3n) is 3.10. The van der Waals surface area contributed by atoms with E-state index in [1.165, 1.54) is 31.8 Å². The van der Waals surface area contributed by atoms with Crippen LogP contribution < -0.4 is 0 Å². The van der Waals surface area contributed by atoms with Gasteiger partial charge in [-0.15, -0.1) is 0 Å². The number of hydrogen-bond acceptors (Lipinski definition) is 4. The van der Waals surface area contributed by atoms with Crippen LogP contribution in [0.25, 0.3) is 0 Å². The highest BCUT2D eigenvalue weighted by molar-refractivity contribution is 6.36. The molecule has 0 bridgehead atoms. The fourth-order valence-corrected chi connectivity index (χ4v) is 3.14. The fraction of sp³-hybridized carbons (Fsp3) is 0.812. The van der Waals surface area contributed by atoms with E-state index in [1.54, 1.807) is 0 Å². The van der Waals surface area contributed by atoms with E-state index in [2.05, 4.69) is 20.4 Å². The van der Waals surface area contributed by atoms with Gasteiger partial charge in [0.15, 0.2) is 0 Å². The summed E-state index contributed by atoms with van der Waals surface area (Å²) in [6, 6.07) is 0.881. The minimum Gasteiger partial charge on any atom is -0.463 e. The lowest BCUT2D eigenvalue weighted by Crippen LogP contribution is -2.26. The average molecular weight is 317 g/mol. The Kier molecular flexibility index (Phi) is 15.2. The van der Waals surface area contributed by atoms with Crippen LogP contribution >= 0.6 is 0 Å². The second kappa shape index (κ2) is 15.7. The van der Waals surface area contributed by atoms with Gasteiger partial charge in [0, 0.05) is 19.3 Å². The third kappa shape index (κ3) is 14.1. The first-order valence-corrected chi connectivity index (χ1v) is 10.1. The van der Waals surface area contributed by atoms with Crippen LogP contribution in [0.3, 0.4) is 0 Å². The number of carbonyl (C=O) groups is 1. The molecule has 0 aliphatic rings. The van der Waals surface area contributed by atoms with E-state index >= 15 is 0 Å². The molecule has 21 heavy (non-hydrogen) atoms. The predicted octanol–water partition coefficient (Wildman–Crippen LogP) is 3.00. The van der Waals surface area contributed by atoms with Crippen molar-refractivity contribution in [2.75, 3.05) is 19.8 Å². The predicted molar refractivity (Wildman–Crippen MR) is 89.2 cm³/mol. The lowest BCUT2D eigenvalue weighted by atomic mass is 10.3. The maximum Gasteiger partial charge on any atom is 0.330 e. The number of unbranched alkanes of at least 4 members (excludes halogenated alkanes) is 4. The zero-order chi connectivity index (χ0) is 15.8. The molecule has 0 heterocycles. The van der Waals surface area contributed by atoms with E-state index in [4.69, 9.17) is 14.2 Å². The number of rotatable bonds is 15. The molecule has 0 unspecified atom stereocenters. The zero-order valence-corrected chi connectivity index (χ0v) is 15.2. The lowest BCUT2D eigenvalue weighted by Gasteiger charge is -2.18. The van der Waals surface area contributed by atoms with E-state index < -0.39 is 9.52 Å². The van der Waals surface area contributed by atoms with Gasteiger partial charge < -0.3 is 14.2 Å². The van der Waals surface area contributed by atoms with Gasteiger partial charge in [0.25, 0.3) is 0 Å². The Bertz CT molecular complexity index is 247. The molecule has 0 fully saturated rings. The minimum atomic E-state index is -0.550. The Morgan fingerprint density at radius 3 is 2.10 bits per heavy atom. The second-order valence-corrected chi connectivity index (χ2v) is 7.05. The van der Waals surface area contributed by atoms with Gasteiger partial charge in [0.2, 0.25) is 0 Å². The maximum absolute atomic E-state index is 11.0. The monoisotopic (exact) mass is 316 g/mol. The number of hydrogen-bond donors (Lipinski definition) is 0. The van der Waals surface area contributed by atoms with Crippen LogP contribution in [0.4, 0.5) is 0 Å². The zero-order valence-electron chi connectivity index (χ0n) is 13.8. The molecular weight excluding hydrogens is 284 g/mol. The van der Waals surface area contributed by atoms with Gasteiger partial charge >= 0.3 is 5.97 Å². The summed E-state index contributed by atoms with van der Waals surface area (Å²) in [4.78, 5) is 11.0. The van der Waals surface area contributed by atoms with Crippen molar-refractivity contribution in [2.45, 2.75) is 64.3 Å². The summed E-state index contributed by atoms with van der Waals surface area (Å²) >= 11 is 0. The maximum atomic E-state index is 11.0. The van der Waals surface area contributed by atoms with Crippen molar-refractivity contribution >= 4 is 15.5 Å². The van der Waals surface area contributed by atoms with Crippen LogP contribution in [0.2, 0.25) is 6.04 Å². The van der Waals surface area contributed by atoms with Crippen LogP contribution in [0.5, 0.6) is 0 Å². The second-order valence-electron chi connectivity index (χ2n) is 5.10. The quantitative estimate of drug-likeness (QED) is 0.153. The number of ether oxygens (including phenoxy) is 3. The van der Waals surface area contributed by atoms with Crippen molar-refractivity contribution in [3.8, 4) is 0 Å². The van der Waals surface area contributed by atoms with E-state index in [1.807, 2.05) is 0 Å². The van der Waals surface area contributed by atoms with Gasteiger partial charge in [-0.1, -0.05) is 46.1 Å². The van der Waals surface area contributed by atoms with Gasteiger partial charge in [0.05, 0.1) is 16.1 Å². The summed E-state index contributed by atoms with van der Waals surface area (Å²) in [5, 5.41) is 0. The smallest absolute Gasteiger partial charge is 0.330 e. The van der Waals surface area contributed by atoms with Crippen molar-refractivity contribution in [1.82, 2.24) is 0 Å². The first-order chi connectivity index (χ1) is 10.2. The summed E-state index contributed by atoms with van der Waals surface area (Å²) in [5.41, 5.74) is 0. The minimum absolute atomic E-state index is 0.0406. The Labute approximate surface area is 132 Å². The van der Waals surface area contributed by atoms with Crippen molar-refractivity contribution < 1.29 is 19.0 Å². The Balaban J connectivity index is 3.81. The molecule has 0 saturated heterocycles. The summed E-state index contributed by atoms with van der Waals surface area (Å²) in [7, 11) is -0.550. The Hall–Kier alpha value is -0.653. The molecule has 0 amide bonds. The molecule has 0 aliphatic heterocycles. The Morgan fingerprint density at radius 1 is 1.05 bits per heavy atom. The summed E-state index contributed by atoms with van der Waals surface area (Å²) < 4.78 is 16.7. The fourth-order valence-electron chi connectivity index (χ4n) is 1.83. The molecule has 4 nitrogen and oxygen atoms in total. The first-order valence-electron chi connectivity index (χ1n) is 8.27. The standard InChI is InChI=1S/C16H32O4Si/c1-4-7-9-11-19-16(20-12-10-8-5-2)21-14-13-18-15(17)6-3/h6,16H,3-5,7-14,21H2,1-2H3. The highest BCUT2D eigenvalue weighted by Gasteiger charge is 2.10. The van der Waals surface area contributed by atoms with Gasteiger partial charge in [-0.05, 0) is 18.9 Å². The molecule has 0 aromatic heterocycles. The van der Waals surface area contributed by atoms with Crippen LogP contribution in [0, 0.1) is 0 Å². The van der Waals surface area contributed by atoms with E-state index in [0.29, 0.717) is 6.61 Å². The summed E-state index contributed by atoms with van der Waals surface area (Å²) in [5.74, 6) is -0.394. The molecule has 5 heteroatoms. The van der Waals surface area contributed by atoms with Crippen molar-refractivity contribution in [3.63, 3.8) is 0 Å².